The van der Waals surface area contributed by atoms with Crippen molar-refractivity contribution in [2.24, 2.45) is 0 Å². The Bertz CT molecular complexity index is 925. The molecule has 0 aliphatic carbocycles. The third-order valence-electron chi connectivity index (χ3n) is 3.28. The Kier molecular flexibility index (Phi) is 4.32. The molecule has 9 nitrogen and oxygen atoms in total. The van der Waals surface area contributed by atoms with Crippen LogP contribution in [-0.4, -0.2) is 32.4 Å². The normalized spacial score (nSPS) is 10.5. The molecular weight excluding hydrogens is 312 g/mol. The van der Waals surface area contributed by atoms with Gasteiger partial charge in [0, 0.05) is 25.5 Å². The van der Waals surface area contributed by atoms with Gasteiger partial charge in [0.15, 0.2) is 0 Å². The SMILES string of the molecule is O=c1c([N+](=O)[O-])c(NCCNc2ccccn2)nc2ccccn12. The van der Waals surface area contributed by atoms with E-state index in [0.717, 1.165) is 4.40 Å². The van der Waals surface area contributed by atoms with Crippen molar-refractivity contribution in [2.45, 2.75) is 0 Å². The van der Waals surface area contributed by atoms with Crippen LogP contribution in [0.2, 0.25) is 0 Å². The quantitative estimate of drug-likeness (QED) is 0.401. The summed E-state index contributed by atoms with van der Waals surface area (Å²) in [6.45, 7) is 0.802. The summed E-state index contributed by atoms with van der Waals surface area (Å²) >= 11 is 0. The van der Waals surface area contributed by atoms with E-state index in [1.54, 1.807) is 30.5 Å². The Morgan fingerprint density at radius 3 is 2.67 bits per heavy atom. The average Bonchev–Trinajstić information content (AvgIpc) is 2.59. The predicted octanol–water partition coefficient (Wildman–Crippen LogP) is 1.52. The molecule has 122 valence electrons. The standard InChI is InChI=1S/C15H14N6O3/c22-15-13(21(23)24)14(19-12-6-2-4-10-20(12)15)18-9-8-17-11-5-1-3-7-16-11/h1-7,10,18H,8-9H2,(H,16,17). The molecule has 0 amide bonds. The van der Waals surface area contributed by atoms with Crippen molar-refractivity contribution < 1.29 is 4.92 Å². The van der Waals surface area contributed by atoms with E-state index in [9.17, 15) is 14.9 Å². The van der Waals surface area contributed by atoms with Crippen molar-refractivity contribution >= 4 is 23.0 Å². The van der Waals surface area contributed by atoms with Gasteiger partial charge >= 0.3 is 11.2 Å². The van der Waals surface area contributed by atoms with Gasteiger partial charge in [-0.05, 0) is 24.3 Å². The Labute approximate surface area is 136 Å². The molecule has 2 N–H and O–H groups in total. The summed E-state index contributed by atoms with van der Waals surface area (Å²) in [7, 11) is 0. The lowest BCUT2D eigenvalue weighted by Crippen LogP contribution is -2.23. The van der Waals surface area contributed by atoms with Crippen LogP contribution in [0.15, 0.2) is 53.6 Å². The molecule has 0 saturated carbocycles. The van der Waals surface area contributed by atoms with Crippen molar-refractivity contribution in [3.8, 4) is 0 Å². The number of pyridine rings is 2. The molecule has 9 heteroatoms. The van der Waals surface area contributed by atoms with E-state index in [1.165, 1.54) is 6.20 Å². The molecule has 0 unspecified atom stereocenters. The lowest BCUT2D eigenvalue weighted by molar-refractivity contribution is -0.385. The number of nitro groups is 1. The maximum atomic E-state index is 12.3. The second kappa shape index (κ2) is 6.73. The molecule has 24 heavy (non-hydrogen) atoms. The Morgan fingerprint density at radius 2 is 1.92 bits per heavy atom. The first-order valence-electron chi connectivity index (χ1n) is 7.21. The molecule has 0 radical (unpaired) electrons. The van der Waals surface area contributed by atoms with Gasteiger partial charge in [-0.15, -0.1) is 0 Å². The first-order chi connectivity index (χ1) is 11.7. The van der Waals surface area contributed by atoms with E-state index in [-0.39, 0.29) is 5.82 Å². The molecule has 0 bridgehead atoms. The smallest absolute Gasteiger partial charge is 0.368 e. The van der Waals surface area contributed by atoms with Gasteiger partial charge in [0.25, 0.3) is 0 Å². The molecular formula is C15H14N6O3. The monoisotopic (exact) mass is 326 g/mol. The summed E-state index contributed by atoms with van der Waals surface area (Å²) in [6, 6.07) is 10.4. The summed E-state index contributed by atoms with van der Waals surface area (Å²) in [5, 5.41) is 17.1. The van der Waals surface area contributed by atoms with Gasteiger partial charge in [-0.2, -0.15) is 0 Å². The van der Waals surface area contributed by atoms with E-state index < -0.39 is 16.2 Å². The number of rotatable bonds is 6. The Balaban J connectivity index is 1.79. The maximum absolute atomic E-state index is 12.3. The molecule has 0 fully saturated rings. The van der Waals surface area contributed by atoms with Crippen LogP contribution in [-0.2, 0) is 0 Å². The highest BCUT2D eigenvalue weighted by Gasteiger charge is 2.22. The van der Waals surface area contributed by atoms with Crippen molar-refractivity contribution in [1.82, 2.24) is 14.4 Å². The molecule has 0 saturated heterocycles. The molecule has 3 aromatic heterocycles. The Hall–Kier alpha value is -3.49. The fourth-order valence-electron chi connectivity index (χ4n) is 2.21. The number of aromatic nitrogens is 3. The Morgan fingerprint density at radius 1 is 1.12 bits per heavy atom. The fourth-order valence-corrected chi connectivity index (χ4v) is 2.21. The first-order valence-corrected chi connectivity index (χ1v) is 7.21. The van der Waals surface area contributed by atoms with Gasteiger partial charge in [-0.25, -0.2) is 9.97 Å². The third-order valence-corrected chi connectivity index (χ3v) is 3.28. The number of hydrogen-bond acceptors (Lipinski definition) is 7. The van der Waals surface area contributed by atoms with Crippen LogP contribution in [0.1, 0.15) is 0 Å². The minimum Gasteiger partial charge on any atom is -0.368 e. The molecule has 0 aliphatic rings. The van der Waals surface area contributed by atoms with Crippen molar-refractivity contribution in [1.29, 1.82) is 0 Å². The lowest BCUT2D eigenvalue weighted by Gasteiger charge is -2.09. The van der Waals surface area contributed by atoms with Gasteiger partial charge < -0.3 is 10.6 Å². The minimum atomic E-state index is -0.719. The lowest BCUT2D eigenvalue weighted by atomic mass is 10.4. The predicted molar refractivity (Wildman–Crippen MR) is 89.3 cm³/mol. The number of anilines is 2. The number of hydrogen-bond donors (Lipinski definition) is 2. The van der Waals surface area contributed by atoms with Crippen LogP contribution in [0, 0.1) is 10.1 Å². The number of nitrogens with one attached hydrogen (secondary N) is 2. The second-order valence-electron chi connectivity index (χ2n) is 4.87. The average molecular weight is 326 g/mol. The maximum Gasteiger partial charge on any atom is 0.376 e. The van der Waals surface area contributed by atoms with Crippen molar-refractivity contribution in [3.63, 3.8) is 0 Å². The molecule has 0 atom stereocenters. The van der Waals surface area contributed by atoms with Crippen LogP contribution >= 0.6 is 0 Å². The molecule has 0 aromatic carbocycles. The summed E-state index contributed by atoms with van der Waals surface area (Å²) in [5.74, 6) is 0.652. The minimum absolute atomic E-state index is 0.0426. The van der Waals surface area contributed by atoms with Crippen molar-refractivity contribution in [3.05, 3.63) is 69.3 Å². The molecule has 3 rings (SSSR count). The van der Waals surface area contributed by atoms with E-state index >= 15 is 0 Å². The molecule has 3 aromatic rings. The van der Waals surface area contributed by atoms with Crippen LogP contribution in [0.5, 0.6) is 0 Å². The van der Waals surface area contributed by atoms with E-state index in [1.807, 2.05) is 12.1 Å². The van der Waals surface area contributed by atoms with E-state index in [4.69, 9.17) is 0 Å². The summed E-state index contributed by atoms with van der Waals surface area (Å²) in [5.41, 5.74) is -0.949. The van der Waals surface area contributed by atoms with E-state index in [0.29, 0.717) is 24.6 Å². The summed E-state index contributed by atoms with van der Waals surface area (Å²) < 4.78 is 1.15. The zero-order valence-electron chi connectivity index (χ0n) is 12.5. The number of nitrogens with zero attached hydrogens (tertiary/aromatic N) is 4. The van der Waals surface area contributed by atoms with Crippen LogP contribution < -0.4 is 16.2 Å². The van der Waals surface area contributed by atoms with Gasteiger partial charge in [-0.3, -0.25) is 19.3 Å². The summed E-state index contributed by atoms with van der Waals surface area (Å²) in [4.78, 5) is 31.0. The van der Waals surface area contributed by atoms with Crippen LogP contribution in [0.25, 0.3) is 5.65 Å². The highest BCUT2D eigenvalue weighted by molar-refractivity contribution is 5.59. The molecule has 0 spiro atoms. The second-order valence-corrected chi connectivity index (χ2v) is 4.87. The topological polar surface area (TPSA) is 114 Å². The zero-order chi connectivity index (χ0) is 16.9. The highest BCUT2D eigenvalue weighted by atomic mass is 16.6. The van der Waals surface area contributed by atoms with Crippen molar-refractivity contribution in [2.75, 3.05) is 23.7 Å². The first kappa shape index (κ1) is 15.4. The van der Waals surface area contributed by atoms with Gasteiger partial charge in [0.2, 0.25) is 5.82 Å². The fraction of sp³-hybridized carbons (Fsp3) is 0.133. The third kappa shape index (κ3) is 3.14. The highest BCUT2D eigenvalue weighted by Crippen LogP contribution is 2.17. The largest absolute Gasteiger partial charge is 0.376 e. The molecule has 0 aliphatic heterocycles. The zero-order valence-corrected chi connectivity index (χ0v) is 12.5. The molecule has 3 heterocycles. The van der Waals surface area contributed by atoms with Gasteiger partial charge in [0.05, 0.1) is 4.92 Å². The van der Waals surface area contributed by atoms with E-state index in [2.05, 4.69) is 20.6 Å². The van der Waals surface area contributed by atoms with Crippen LogP contribution in [0.4, 0.5) is 17.3 Å². The number of fused-ring (bicyclic) bond motifs is 1. The van der Waals surface area contributed by atoms with Gasteiger partial charge in [-0.1, -0.05) is 12.1 Å². The van der Waals surface area contributed by atoms with Gasteiger partial charge in [0.1, 0.15) is 11.5 Å². The summed E-state index contributed by atoms with van der Waals surface area (Å²) in [6.07, 6.45) is 3.11. The van der Waals surface area contributed by atoms with Crippen LogP contribution in [0.3, 0.4) is 0 Å².